The minimum atomic E-state index is 0.217. The van der Waals surface area contributed by atoms with E-state index in [0.29, 0.717) is 6.04 Å². The Morgan fingerprint density at radius 2 is 2.38 bits per heavy atom. The average Bonchev–Trinajstić information content (AvgIpc) is 3.11. The van der Waals surface area contributed by atoms with Gasteiger partial charge in [-0.25, -0.2) is 0 Å². The molecule has 2 saturated heterocycles. The third-order valence-electron chi connectivity index (χ3n) is 4.47. The molecular weight excluding hydrogens is 268 g/mol. The van der Waals surface area contributed by atoms with Crippen LogP contribution < -0.4 is 5.32 Å². The number of tetrazole rings is 1. The number of nitrogens with one attached hydrogen (secondary N) is 1. The Kier molecular flexibility index (Phi) is 4.82. The smallest absolute Gasteiger partial charge is 0.176 e. The van der Waals surface area contributed by atoms with Gasteiger partial charge >= 0.3 is 0 Å². The molecule has 2 aliphatic heterocycles. The molecule has 1 aromatic heterocycles. The first kappa shape index (κ1) is 14.9. The molecule has 7 heteroatoms. The first-order chi connectivity index (χ1) is 10.3. The van der Waals surface area contributed by atoms with Crippen molar-refractivity contribution in [2.24, 2.45) is 7.05 Å². The van der Waals surface area contributed by atoms with Crippen LogP contribution in [0.3, 0.4) is 0 Å². The average molecular weight is 294 g/mol. The number of ether oxygens (including phenoxy) is 1. The maximum absolute atomic E-state index is 6.14. The van der Waals surface area contributed by atoms with Gasteiger partial charge in [-0.3, -0.25) is 4.90 Å². The number of fused-ring (bicyclic) bond motifs is 1. The molecule has 0 bridgehead atoms. The predicted octanol–water partition coefficient (Wildman–Crippen LogP) is -0.0160. The minimum Gasteiger partial charge on any atom is -0.374 e. The molecule has 21 heavy (non-hydrogen) atoms. The lowest BCUT2D eigenvalue weighted by molar-refractivity contribution is -0.0646. The van der Waals surface area contributed by atoms with E-state index in [1.54, 1.807) is 7.05 Å². The van der Waals surface area contributed by atoms with Crippen LogP contribution in [-0.4, -0.2) is 69.5 Å². The van der Waals surface area contributed by atoms with Gasteiger partial charge in [-0.15, -0.1) is 10.2 Å². The lowest BCUT2D eigenvalue weighted by atomic mass is 10.0. The SMILES string of the molecule is CCCNC(Cc1nnn(C)n1)C1CN2CCCC2CO1. The third kappa shape index (κ3) is 3.59. The molecule has 3 rings (SSSR count). The second kappa shape index (κ2) is 6.81. The van der Waals surface area contributed by atoms with E-state index in [4.69, 9.17) is 4.74 Å². The van der Waals surface area contributed by atoms with E-state index < -0.39 is 0 Å². The molecule has 3 heterocycles. The molecule has 0 radical (unpaired) electrons. The highest BCUT2D eigenvalue weighted by Gasteiger charge is 2.36. The Morgan fingerprint density at radius 3 is 3.14 bits per heavy atom. The molecule has 118 valence electrons. The van der Waals surface area contributed by atoms with E-state index >= 15 is 0 Å². The van der Waals surface area contributed by atoms with Gasteiger partial charge in [-0.2, -0.15) is 4.80 Å². The second-order valence-corrected chi connectivity index (χ2v) is 6.12. The quantitative estimate of drug-likeness (QED) is 0.795. The Labute approximate surface area is 126 Å². The molecule has 3 unspecified atom stereocenters. The molecule has 2 fully saturated rings. The van der Waals surface area contributed by atoms with E-state index in [-0.39, 0.29) is 12.1 Å². The third-order valence-corrected chi connectivity index (χ3v) is 4.47. The Balaban J connectivity index is 1.63. The molecule has 2 aliphatic rings. The van der Waals surface area contributed by atoms with Gasteiger partial charge in [-0.1, -0.05) is 6.92 Å². The van der Waals surface area contributed by atoms with E-state index in [1.807, 2.05) is 0 Å². The molecule has 0 spiro atoms. The van der Waals surface area contributed by atoms with Crippen molar-refractivity contribution >= 4 is 0 Å². The first-order valence-electron chi connectivity index (χ1n) is 8.08. The Morgan fingerprint density at radius 1 is 1.48 bits per heavy atom. The molecular formula is C14H26N6O. The van der Waals surface area contributed by atoms with Gasteiger partial charge in [0.05, 0.1) is 19.8 Å². The standard InChI is InChI=1S/C14H26N6O/c1-3-6-15-12(8-14-16-18-19(2)17-14)13-9-20-7-4-5-11(20)10-21-13/h11-13,15H,3-10H2,1-2H3. The summed E-state index contributed by atoms with van der Waals surface area (Å²) in [6.07, 6.45) is 4.69. The van der Waals surface area contributed by atoms with E-state index in [0.717, 1.165) is 38.4 Å². The fourth-order valence-electron chi connectivity index (χ4n) is 3.35. The van der Waals surface area contributed by atoms with Gasteiger partial charge in [0, 0.05) is 25.0 Å². The van der Waals surface area contributed by atoms with Crippen LogP contribution in [0.1, 0.15) is 32.0 Å². The van der Waals surface area contributed by atoms with Crippen molar-refractivity contribution < 1.29 is 4.74 Å². The predicted molar refractivity (Wildman–Crippen MR) is 78.9 cm³/mol. The van der Waals surface area contributed by atoms with Crippen LogP contribution in [0.25, 0.3) is 0 Å². The number of hydrogen-bond acceptors (Lipinski definition) is 6. The summed E-state index contributed by atoms with van der Waals surface area (Å²) in [6.45, 7) is 6.28. The summed E-state index contributed by atoms with van der Waals surface area (Å²) in [4.78, 5) is 4.10. The largest absolute Gasteiger partial charge is 0.374 e. The van der Waals surface area contributed by atoms with E-state index in [2.05, 4.69) is 32.6 Å². The number of rotatable bonds is 6. The highest BCUT2D eigenvalue weighted by Crippen LogP contribution is 2.24. The van der Waals surface area contributed by atoms with Crippen molar-refractivity contribution in [1.82, 2.24) is 30.4 Å². The second-order valence-electron chi connectivity index (χ2n) is 6.12. The number of aromatic nitrogens is 4. The molecule has 7 nitrogen and oxygen atoms in total. The monoisotopic (exact) mass is 294 g/mol. The summed E-state index contributed by atoms with van der Waals surface area (Å²) >= 11 is 0. The van der Waals surface area contributed by atoms with Crippen molar-refractivity contribution in [3.63, 3.8) is 0 Å². The van der Waals surface area contributed by atoms with Crippen LogP contribution in [0.15, 0.2) is 0 Å². The van der Waals surface area contributed by atoms with Crippen molar-refractivity contribution in [2.75, 3.05) is 26.2 Å². The molecule has 0 aromatic carbocycles. The van der Waals surface area contributed by atoms with Crippen LogP contribution in [0.2, 0.25) is 0 Å². The molecule has 1 N–H and O–H groups in total. The Hall–Kier alpha value is -1.05. The van der Waals surface area contributed by atoms with Gasteiger partial charge in [-0.05, 0) is 37.6 Å². The number of hydrogen-bond donors (Lipinski definition) is 1. The summed E-state index contributed by atoms with van der Waals surface area (Å²) < 4.78 is 6.14. The number of nitrogens with zero attached hydrogens (tertiary/aromatic N) is 5. The zero-order valence-electron chi connectivity index (χ0n) is 13.0. The van der Waals surface area contributed by atoms with Crippen molar-refractivity contribution in [2.45, 2.75) is 50.8 Å². The topological polar surface area (TPSA) is 68.1 Å². The van der Waals surface area contributed by atoms with E-state index in [1.165, 1.54) is 24.2 Å². The molecule has 3 atom stereocenters. The molecule has 0 saturated carbocycles. The lowest BCUT2D eigenvalue weighted by Gasteiger charge is -2.39. The maximum atomic E-state index is 6.14. The van der Waals surface area contributed by atoms with Crippen LogP contribution in [0.5, 0.6) is 0 Å². The van der Waals surface area contributed by atoms with Gasteiger partial charge in [0.15, 0.2) is 5.82 Å². The normalized spacial score (nSPS) is 27.7. The van der Waals surface area contributed by atoms with Gasteiger partial charge < -0.3 is 10.1 Å². The van der Waals surface area contributed by atoms with Crippen molar-refractivity contribution in [1.29, 1.82) is 0 Å². The van der Waals surface area contributed by atoms with Gasteiger partial charge in [0.2, 0.25) is 0 Å². The summed E-state index contributed by atoms with van der Waals surface area (Å²) in [5.74, 6) is 0.790. The fourth-order valence-corrected chi connectivity index (χ4v) is 3.35. The van der Waals surface area contributed by atoms with E-state index in [9.17, 15) is 0 Å². The number of aryl methyl sites for hydroxylation is 1. The lowest BCUT2D eigenvalue weighted by Crippen LogP contribution is -2.55. The van der Waals surface area contributed by atoms with Crippen molar-refractivity contribution in [3.05, 3.63) is 5.82 Å². The highest BCUT2D eigenvalue weighted by molar-refractivity contribution is 4.94. The molecule has 0 amide bonds. The zero-order chi connectivity index (χ0) is 14.7. The van der Waals surface area contributed by atoms with Crippen molar-refractivity contribution in [3.8, 4) is 0 Å². The summed E-state index contributed by atoms with van der Waals surface area (Å²) in [6, 6.07) is 0.901. The Bertz CT molecular complexity index is 450. The summed E-state index contributed by atoms with van der Waals surface area (Å²) in [7, 11) is 1.80. The highest BCUT2D eigenvalue weighted by atomic mass is 16.5. The van der Waals surface area contributed by atoms with Crippen LogP contribution in [-0.2, 0) is 18.2 Å². The van der Waals surface area contributed by atoms with Gasteiger partial charge in [0.25, 0.3) is 0 Å². The fraction of sp³-hybridized carbons (Fsp3) is 0.929. The summed E-state index contributed by atoms with van der Waals surface area (Å²) in [5, 5.41) is 16.0. The molecule has 1 aromatic rings. The minimum absolute atomic E-state index is 0.217. The van der Waals surface area contributed by atoms with Crippen LogP contribution in [0.4, 0.5) is 0 Å². The maximum Gasteiger partial charge on any atom is 0.176 e. The molecule has 0 aliphatic carbocycles. The van der Waals surface area contributed by atoms with Crippen LogP contribution in [0, 0.1) is 0 Å². The summed E-state index contributed by atoms with van der Waals surface area (Å²) in [5.41, 5.74) is 0. The van der Waals surface area contributed by atoms with Gasteiger partial charge in [0.1, 0.15) is 0 Å². The zero-order valence-corrected chi connectivity index (χ0v) is 13.0. The number of morpholine rings is 1. The van der Waals surface area contributed by atoms with Crippen LogP contribution >= 0.6 is 0 Å². The first-order valence-corrected chi connectivity index (χ1v) is 8.08.